The lowest BCUT2D eigenvalue weighted by Gasteiger charge is -2.33. The molecular weight excluding hydrogens is 414 g/mol. The highest BCUT2D eigenvalue weighted by atomic mass is 16.5. The number of ether oxygens (including phenoxy) is 1. The first kappa shape index (κ1) is 21.9. The molecule has 0 aliphatic carbocycles. The summed E-state index contributed by atoms with van der Waals surface area (Å²) in [5, 5.41) is 1.26. The molecule has 2 aliphatic rings. The molecule has 7 heteroatoms. The number of amides is 1. The highest BCUT2D eigenvalue weighted by Crippen LogP contribution is 2.34. The first-order chi connectivity index (χ1) is 15.9. The van der Waals surface area contributed by atoms with E-state index >= 15 is 0 Å². The van der Waals surface area contributed by atoms with Crippen LogP contribution in [0.15, 0.2) is 18.2 Å². The van der Waals surface area contributed by atoms with E-state index in [2.05, 4.69) is 42.5 Å². The molecule has 3 aromatic rings. The molecule has 0 N–H and O–H groups in total. The summed E-state index contributed by atoms with van der Waals surface area (Å²) in [7, 11) is 5.69. The number of piperidine rings is 1. The number of carbonyl (C=O) groups excluding carboxylic acids is 1. The Morgan fingerprint density at radius 3 is 2.76 bits per heavy atom. The summed E-state index contributed by atoms with van der Waals surface area (Å²) in [5.74, 6) is 3.00. The zero-order valence-electron chi connectivity index (χ0n) is 20.3. The topological polar surface area (TPSA) is 63.5 Å². The summed E-state index contributed by atoms with van der Waals surface area (Å²) >= 11 is 0. The third kappa shape index (κ3) is 3.78. The molecule has 0 saturated carbocycles. The van der Waals surface area contributed by atoms with Crippen LogP contribution in [0.2, 0.25) is 0 Å². The molecule has 0 radical (unpaired) electrons. The van der Waals surface area contributed by atoms with E-state index in [-0.39, 0.29) is 11.8 Å². The molecule has 33 heavy (non-hydrogen) atoms. The molecule has 1 fully saturated rings. The quantitative estimate of drug-likeness (QED) is 0.607. The van der Waals surface area contributed by atoms with Crippen LogP contribution in [0.4, 0.5) is 5.82 Å². The molecule has 2 aliphatic heterocycles. The van der Waals surface area contributed by atoms with Crippen LogP contribution in [-0.4, -0.2) is 52.6 Å². The second-order valence-electron chi connectivity index (χ2n) is 9.50. The first-order valence-corrected chi connectivity index (χ1v) is 11.9. The highest BCUT2D eigenvalue weighted by Gasteiger charge is 2.29. The summed E-state index contributed by atoms with van der Waals surface area (Å²) in [4.78, 5) is 26.3. The third-order valence-electron chi connectivity index (χ3n) is 7.57. The van der Waals surface area contributed by atoms with Crippen molar-refractivity contribution in [3.8, 4) is 5.75 Å². The maximum atomic E-state index is 12.2. The molecule has 0 bridgehead atoms. The van der Waals surface area contributed by atoms with Gasteiger partial charge in [-0.2, -0.15) is 0 Å². The molecule has 1 saturated heterocycles. The van der Waals surface area contributed by atoms with Gasteiger partial charge in [-0.25, -0.2) is 9.97 Å². The van der Waals surface area contributed by atoms with Gasteiger partial charge in [-0.1, -0.05) is 0 Å². The van der Waals surface area contributed by atoms with E-state index in [1.165, 1.54) is 22.2 Å². The van der Waals surface area contributed by atoms with Crippen molar-refractivity contribution in [2.24, 2.45) is 7.05 Å². The van der Waals surface area contributed by atoms with Gasteiger partial charge >= 0.3 is 0 Å². The van der Waals surface area contributed by atoms with Crippen LogP contribution in [0, 0.1) is 13.8 Å². The van der Waals surface area contributed by atoms with Crippen LogP contribution >= 0.6 is 0 Å². The van der Waals surface area contributed by atoms with E-state index in [0.29, 0.717) is 6.42 Å². The van der Waals surface area contributed by atoms with E-state index in [4.69, 9.17) is 14.7 Å². The third-order valence-corrected chi connectivity index (χ3v) is 7.57. The zero-order chi connectivity index (χ0) is 23.3. The SMILES string of the molecule is COc1ccc2c(c1)c(CN1CCCC(c3nc(C)c4c(n3)N(C)C(=O)CC4)C1)c(C)n2C. The molecule has 174 valence electrons. The minimum atomic E-state index is 0.138. The number of nitrogens with zero attached hydrogens (tertiary/aromatic N) is 5. The Balaban J connectivity index is 1.42. The number of rotatable bonds is 4. The minimum Gasteiger partial charge on any atom is -0.497 e. The van der Waals surface area contributed by atoms with Crippen LogP contribution in [0.5, 0.6) is 5.75 Å². The number of aromatic nitrogens is 3. The molecule has 5 rings (SSSR count). The van der Waals surface area contributed by atoms with Crippen molar-refractivity contribution in [2.75, 3.05) is 32.1 Å². The maximum absolute atomic E-state index is 12.2. The van der Waals surface area contributed by atoms with Crippen molar-refractivity contribution < 1.29 is 9.53 Å². The number of likely N-dealkylation sites (tertiary alicyclic amines) is 1. The fourth-order valence-corrected chi connectivity index (χ4v) is 5.46. The van der Waals surface area contributed by atoms with Gasteiger partial charge in [0.15, 0.2) is 0 Å². The minimum absolute atomic E-state index is 0.138. The van der Waals surface area contributed by atoms with Crippen molar-refractivity contribution >= 4 is 22.6 Å². The van der Waals surface area contributed by atoms with Gasteiger partial charge in [0.25, 0.3) is 0 Å². The van der Waals surface area contributed by atoms with Gasteiger partial charge in [0.05, 0.1) is 7.11 Å². The Morgan fingerprint density at radius 1 is 1.15 bits per heavy atom. The van der Waals surface area contributed by atoms with Crippen molar-refractivity contribution in [1.29, 1.82) is 0 Å². The van der Waals surface area contributed by atoms with Crippen molar-refractivity contribution in [1.82, 2.24) is 19.4 Å². The number of hydrogen-bond acceptors (Lipinski definition) is 5. The maximum Gasteiger partial charge on any atom is 0.228 e. The Kier molecular flexibility index (Phi) is 5.60. The molecule has 1 aromatic carbocycles. The Bertz CT molecular complexity index is 1230. The van der Waals surface area contributed by atoms with E-state index in [1.807, 2.05) is 13.1 Å². The van der Waals surface area contributed by atoms with E-state index in [1.54, 1.807) is 12.0 Å². The smallest absolute Gasteiger partial charge is 0.228 e. The first-order valence-electron chi connectivity index (χ1n) is 11.9. The van der Waals surface area contributed by atoms with Gasteiger partial charge in [0.2, 0.25) is 5.91 Å². The van der Waals surface area contributed by atoms with Crippen LogP contribution in [0.3, 0.4) is 0 Å². The molecule has 4 heterocycles. The van der Waals surface area contributed by atoms with Gasteiger partial charge in [-0.05, 0) is 63.4 Å². The number of methoxy groups -OCH3 is 1. The van der Waals surface area contributed by atoms with Gasteiger partial charge in [-0.15, -0.1) is 0 Å². The monoisotopic (exact) mass is 447 g/mol. The lowest BCUT2D eigenvalue weighted by molar-refractivity contribution is -0.118. The largest absolute Gasteiger partial charge is 0.497 e. The Labute approximate surface area is 195 Å². The number of hydrogen-bond donors (Lipinski definition) is 0. The van der Waals surface area contributed by atoms with Crippen molar-refractivity contribution in [3.63, 3.8) is 0 Å². The molecule has 1 atom stereocenters. The molecule has 7 nitrogen and oxygen atoms in total. The lowest BCUT2D eigenvalue weighted by Crippen LogP contribution is -2.36. The second-order valence-corrected chi connectivity index (χ2v) is 9.50. The predicted octanol–water partition coefficient (Wildman–Crippen LogP) is 3.88. The summed E-state index contributed by atoms with van der Waals surface area (Å²) in [6, 6.07) is 6.33. The molecule has 0 spiro atoms. The average molecular weight is 448 g/mol. The van der Waals surface area contributed by atoms with Crippen LogP contribution in [0.25, 0.3) is 10.9 Å². The average Bonchev–Trinajstić information content (AvgIpc) is 3.06. The number of fused-ring (bicyclic) bond motifs is 2. The fourth-order valence-electron chi connectivity index (χ4n) is 5.46. The Hall–Kier alpha value is -2.93. The second kappa shape index (κ2) is 8.45. The number of anilines is 1. The fraction of sp³-hybridized carbons (Fsp3) is 0.500. The van der Waals surface area contributed by atoms with E-state index < -0.39 is 0 Å². The van der Waals surface area contributed by atoms with Crippen LogP contribution < -0.4 is 9.64 Å². The van der Waals surface area contributed by atoms with Gasteiger partial charge in [-0.3, -0.25) is 14.6 Å². The number of benzene rings is 1. The summed E-state index contributed by atoms with van der Waals surface area (Å²) < 4.78 is 7.77. The standard InChI is InChI=1S/C26H33N5O2/c1-16-20-9-11-24(32)30(4)26(20)28-25(27-16)18-7-6-12-31(14-18)15-22-17(2)29(3)23-10-8-19(33-5)13-21(22)23/h8,10,13,18H,6-7,9,11-12,14-15H2,1-5H3. The predicted molar refractivity (Wildman–Crippen MR) is 130 cm³/mol. The number of aryl methyl sites for hydroxylation is 2. The van der Waals surface area contributed by atoms with Gasteiger partial charge in [0, 0.05) is 67.4 Å². The highest BCUT2D eigenvalue weighted by molar-refractivity contribution is 5.94. The lowest BCUT2D eigenvalue weighted by atomic mass is 9.95. The van der Waals surface area contributed by atoms with Crippen molar-refractivity contribution in [3.05, 3.63) is 46.5 Å². The number of carbonyl (C=O) groups is 1. The van der Waals surface area contributed by atoms with Crippen LogP contribution in [0.1, 0.15) is 53.5 Å². The molecule has 1 unspecified atom stereocenters. The molecule has 1 amide bonds. The van der Waals surface area contributed by atoms with E-state index in [0.717, 1.165) is 67.5 Å². The van der Waals surface area contributed by atoms with Crippen molar-refractivity contribution in [2.45, 2.75) is 52.0 Å². The van der Waals surface area contributed by atoms with E-state index in [9.17, 15) is 4.79 Å². The zero-order valence-corrected chi connectivity index (χ0v) is 20.3. The summed E-state index contributed by atoms with van der Waals surface area (Å²) in [6.45, 7) is 7.15. The summed E-state index contributed by atoms with van der Waals surface area (Å²) in [6.07, 6.45) is 3.48. The Morgan fingerprint density at radius 2 is 1.97 bits per heavy atom. The molecule has 2 aromatic heterocycles. The molecular formula is C26H33N5O2. The normalized spacial score (nSPS) is 19.2. The van der Waals surface area contributed by atoms with Gasteiger partial charge in [0.1, 0.15) is 17.4 Å². The summed E-state index contributed by atoms with van der Waals surface area (Å²) in [5.41, 5.74) is 6.02. The van der Waals surface area contributed by atoms with Gasteiger partial charge < -0.3 is 9.30 Å². The van der Waals surface area contributed by atoms with Crippen LogP contribution in [-0.2, 0) is 24.8 Å².